The molecule has 1 amide bonds. The van der Waals surface area contributed by atoms with E-state index in [1.54, 1.807) is 16.4 Å². The highest BCUT2D eigenvalue weighted by molar-refractivity contribution is 7.89. The summed E-state index contributed by atoms with van der Waals surface area (Å²) < 4.78 is 33.8. The van der Waals surface area contributed by atoms with Gasteiger partial charge in [0.15, 0.2) is 0 Å². The molecule has 2 aliphatic heterocycles. The van der Waals surface area contributed by atoms with Gasteiger partial charge < -0.3 is 10.1 Å². The van der Waals surface area contributed by atoms with Crippen molar-refractivity contribution < 1.29 is 17.9 Å². The number of carbonyl (C=O) groups is 1. The fraction of sp³-hybridized carbons (Fsp3) is 0.667. The van der Waals surface area contributed by atoms with Gasteiger partial charge in [0, 0.05) is 32.2 Å². The van der Waals surface area contributed by atoms with E-state index >= 15 is 0 Å². The van der Waals surface area contributed by atoms with Crippen LogP contribution in [0.25, 0.3) is 0 Å². The molecule has 1 N–H and O–H groups in total. The van der Waals surface area contributed by atoms with Gasteiger partial charge in [-0.2, -0.15) is 4.31 Å². The number of benzene rings is 1. The predicted octanol–water partition coefficient (Wildman–Crippen LogP) is 2.61. The number of sulfonamides is 1. The minimum atomic E-state index is -3.47. The zero-order valence-corrected chi connectivity index (χ0v) is 17.3. The van der Waals surface area contributed by atoms with Gasteiger partial charge in [-0.1, -0.05) is 18.2 Å². The monoisotopic (exact) mass is 406 g/mol. The van der Waals surface area contributed by atoms with Crippen LogP contribution >= 0.6 is 0 Å². The Bertz CT molecular complexity index is 827. The third-order valence-corrected chi connectivity index (χ3v) is 8.42. The van der Waals surface area contributed by atoms with E-state index in [-0.39, 0.29) is 11.5 Å². The van der Waals surface area contributed by atoms with Crippen molar-refractivity contribution in [1.29, 1.82) is 0 Å². The van der Waals surface area contributed by atoms with Gasteiger partial charge >= 0.3 is 0 Å². The first-order chi connectivity index (χ1) is 13.4. The number of rotatable bonds is 5. The van der Waals surface area contributed by atoms with Crippen molar-refractivity contribution in [2.24, 2.45) is 5.92 Å². The molecule has 7 heteroatoms. The molecule has 2 saturated heterocycles. The molecule has 1 spiro atoms. The Kier molecular flexibility index (Phi) is 5.51. The van der Waals surface area contributed by atoms with Crippen molar-refractivity contribution in [3.8, 4) is 0 Å². The van der Waals surface area contributed by atoms with Crippen molar-refractivity contribution >= 4 is 15.9 Å². The number of hydrogen-bond acceptors (Lipinski definition) is 4. The van der Waals surface area contributed by atoms with Crippen LogP contribution in [0.1, 0.15) is 50.5 Å². The van der Waals surface area contributed by atoms with Gasteiger partial charge in [0.1, 0.15) is 0 Å². The number of nitrogens with one attached hydrogen (secondary N) is 1. The third kappa shape index (κ3) is 4.26. The van der Waals surface area contributed by atoms with Gasteiger partial charge in [0.2, 0.25) is 15.9 Å². The Hall–Kier alpha value is -1.44. The summed E-state index contributed by atoms with van der Waals surface area (Å²) in [5, 5.41) is 3.08. The minimum Gasteiger partial charge on any atom is -0.375 e. The SMILES string of the molecule is Cc1ccccc1S(=O)(=O)N1CCC2(CC1)CC(CC(=O)NC1CC1)CCO2. The molecule has 2 heterocycles. The van der Waals surface area contributed by atoms with Gasteiger partial charge in [-0.25, -0.2) is 8.42 Å². The van der Waals surface area contributed by atoms with Crippen molar-refractivity contribution in [3.63, 3.8) is 0 Å². The largest absolute Gasteiger partial charge is 0.375 e. The summed E-state index contributed by atoms with van der Waals surface area (Å²) >= 11 is 0. The average Bonchev–Trinajstić information content (AvgIpc) is 3.46. The number of piperidine rings is 1. The van der Waals surface area contributed by atoms with E-state index in [0.717, 1.165) is 31.2 Å². The molecular weight excluding hydrogens is 376 g/mol. The quantitative estimate of drug-likeness (QED) is 0.816. The van der Waals surface area contributed by atoms with Gasteiger partial charge in [0.25, 0.3) is 0 Å². The number of amides is 1. The average molecular weight is 407 g/mol. The van der Waals surface area contributed by atoms with Gasteiger partial charge in [0.05, 0.1) is 10.5 Å². The standard InChI is InChI=1S/C21H30N2O4S/c1-16-4-2-3-5-19(16)28(25,26)23-11-9-21(10-12-23)15-17(8-13-27-21)14-20(24)22-18-6-7-18/h2-5,17-18H,6-15H2,1H3,(H,22,24). The molecule has 1 aromatic carbocycles. The van der Waals surface area contributed by atoms with Crippen LogP contribution in [0.3, 0.4) is 0 Å². The Morgan fingerprint density at radius 3 is 2.61 bits per heavy atom. The maximum Gasteiger partial charge on any atom is 0.243 e. The molecule has 1 aromatic rings. The molecule has 0 bridgehead atoms. The molecular formula is C21H30N2O4S. The van der Waals surface area contributed by atoms with E-state index in [2.05, 4.69) is 5.32 Å². The lowest BCUT2D eigenvalue weighted by Gasteiger charge is -2.45. The number of carbonyl (C=O) groups excluding carboxylic acids is 1. The van der Waals surface area contributed by atoms with Crippen LogP contribution in [-0.4, -0.2) is 50.0 Å². The van der Waals surface area contributed by atoms with E-state index in [1.807, 2.05) is 19.1 Å². The maximum atomic E-state index is 13.0. The molecule has 0 aromatic heterocycles. The lowest BCUT2D eigenvalue weighted by molar-refractivity contribution is -0.132. The van der Waals surface area contributed by atoms with Crippen LogP contribution in [-0.2, 0) is 19.6 Å². The second-order valence-electron chi connectivity index (χ2n) is 8.61. The summed E-state index contributed by atoms with van der Waals surface area (Å²) in [4.78, 5) is 12.6. The summed E-state index contributed by atoms with van der Waals surface area (Å²) in [6.07, 6.45) is 5.92. The molecule has 4 rings (SSSR count). The Balaban J connectivity index is 1.37. The molecule has 28 heavy (non-hydrogen) atoms. The summed E-state index contributed by atoms with van der Waals surface area (Å²) in [7, 11) is -3.47. The third-order valence-electron chi connectivity index (χ3n) is 6.36. The first kappa shape index (κ1) is 19.9. The minimum absolute atomic E-state index is 0.157. The summed E-state index contributed by atoms with van der Waals surface area (Å²) in [6.45, 7) is 3.43. The molecule has 3 fully saturated rings. The van der Waals surface area contributed by atoms with Crippen LogP contribution < -0.4 is 5.32 Å². The van der Waals surface area contributed by atoms with Crippen molar-refractivity contribution in [2.45, 2.75) is 68.4 Å². The highest BCUT2D eigenvalue weighted by Crippen LogP contribution is 2.40. The molecule has 1 atom stereocenters. The smallest absolute Gasteiger partial charge is 0.243 e. The van der Waals surface area contributed by atoms with Crippen LogP contribution in [0.5, 0.6) is 0 Å². The van der Waals surface area contributed by atoms with E-state index in [4.69, 9.17) is 4.74 Å². The van der Waals surface area contributed by atoms with E-state index in [0.29, 0.717) is 55.8 Å². The second kappa shape index (κ2) is 7.76. The first-order valence-corrected chi connectivity index (χ1v) is 11.8. The Morgan fingerprint density at radius 2 is 1.93 bits per heavy atom. The maximum absolute atomic E-state index is 13.0. The van der Waals surface area contributed by atoms with Gasteiger partial charge in [-0.3, -0.25) is 4.79 Å². The lowest BCUT2D eigenvalue weighted by atomic mass is 9.78. The van der Waals surface area contributed by atoms with E-state index in [1.165, 1.54) is 0 Å². The molecule has 3 aliphatic rings. The Morgan fingerprint density at radius 1 is 1.21 bits per heavy atom. The Labute approximate surface area is 167 Å². The lowest BCUT2D eigenvalue weighted by Crippen LogP contribution is -2.51. The fourth-order valence-corrected chi connectivity index (χ4v) is 6.21. The molecule has 1 aliphatic carbocycles. The number of hydrogen-bond donors (Lipinski definition) is 1. The summed E-state index contributed by atoms with van der Waals surface area (Å²) in [6, 6.07) is 7.54. The fourth-order valence-electron chi connectivity index (χ4n) is 4.55. The highest BCUT2D eigenvalue weighted by atomic mass is 32.2. The predicted molar refractivity (Wildman–Crippen MR) is 106 cm³/mol. The number of aryl methyl sites for hydroxylation is 1. The summed E-state index contributed by atoms with van der Waals surface area (Å²) in [5.74, 6) is 0.483. The molecule has 154 valence electrons. The normalized spacial score (nSPS) is 25.5. The topological polar surface area (TPSA) is 75.7 Å². The van der Waals surface area contributed by atoms with Crippen LogP contribution in [0.2, 0.25) is 0 Å². The zero-order valence-electron chi connectivity index (χ0n) is 16.5. The highest BCUT2D eigenvalue weighted by Gasteiger charge is 2.43. The van der Waals surface area contributed by atoms with Gasteiger partial charge in [-0.15, -0.1) is 0 Å². The number of nitrogens with zero attached hydrogens (tertiary/aromatic N) is 1. The molecule has 1 saturated carbocycles. The molecule has 1 unspecified atom stereocenters. The molecule has 0 radical (unpaired) electrons. The second-order valence-corrected chi connectivity index (χ2v) is 10.5. The van der Waals surface area contributed by atoms with Crippen LogP contribution in [0.4, 0.5) is 0 Å². The van der Waals surface area contributed by atoms with Crippen LogP contribution in [0.15, 0.2) is 29.2 Å². The zero-order chi connectivity index (χ0) is 19.8. The van der Waals surface area contributed by atoms with E-state index in [9.17, 15) is 13.2 Å². The van der Waals surface area contributed by atoms with Crippen LogP contribution in [0, 0.1) is 12.8 Å². The van der Waals surface area contributed by atoms with Gasteiger partial charge in [-0.05, 0) is 63.0 Å². The first-order valence-electron chi connectivity index (χ1n) is 10.4. The number of ether oxygens (including phenoxy) is 1. The molecule has 6 nitrogen and oxygen atoms in total. The summed E-state index contributed by atoms with van der Waals surface area (Å²) in [5.41, 5.74) is 0.499. The van der Waals surface area contributed by atoms with Crippen molar-refractivity contribution in [2.75, 3.05) is 19.7 Å². The van der Waals surface area contributed by atoms with E-state index < -0.39 is 10.0 Å². The van der Waals surface area contributed by atoms with Crippen molar-refractivity contribution in [1.82, 2.24) is 9.62 Å². The van der Waals surface area contributed by atoms with Crippen molar-refractivity contribution in [3.05, 3.63) is 29.8 Å².